The third kappa shape index (κ3) is 8.69. The number of halogens is 3. The molecule has 0 spiro atoms. The van der Waals surface area contributed by atoms with Gasteiger partial charge in [0.25, 0.3) is 0 Å². The number of nitrogens with zero attached hydrogens (tertiary/aromatic N) is 4. The molecule has 0 radical (unpaired) electrons. The van der Waals surface area contributed by atoms with Crippen molar-refractivity contribution < 1.29 is 27.4 Å². The first-order valence-corrected chi connectivity index (χ1v) is 14.2. The fourth-order valence-electron chi connectivity index (χ4n) is 4.85. The minimum absolute atomic E-state index is 0.144. The average molecular weight is 618 g/mol. The molecule has 0 saturated carbocycles. The van der Waals surface area contributed by atoms with E-state index in [2.05, 4.69) is 10.2 Å². The monoisotopic (exact) mass is 617 g/mol. The van der Waals surface area contributed by atoms with Crippen LogP contribution in [0, 0.1) is 0 Å². The molecule has 0 bridgehead atoms. The quantitative estimate of drug-likeness (QED) is 0.148. The molecule has 0 saturated heterocycles. The highest BCUT2D eigenvalue weighted by Crippen LogP contribution is 2.27. The Kier molecular flexibility index (Phi) is 9.76. The summed E-state index contributed by atoms with van der Waals surface area (Å²) in [6, 6.07) is 29.5. The second-order valence-corrected chi connectivity index (χ2v) is 10.4. The van der Waals surface area contributed by atoms with Gasteiger partial charge in [-0.2, -0.15) is 18.2 Å². The highest BCUT2D eigenvalue weighted by molar-refractivity contribution is 5.56. The summed E-state index contributed by atoms with van der Waals surface area (Å²) in [5.41, 5.74) is 3.62. The first-order chi connectivity index (χ1) is 21.7. The molecular weight excluding hydrogens is 583 g/mol. The zero-order chi connectivity index (χ0) is 31.8. The topological polar surface area (TPSA) is 73.7 Å². The van der Waals surface area contributed by atoms with Crippen LogP contribution in [0.15, 0.2) is 97.1 Å². The molecule has 0 fully saturated rings. The van der Waals surface area contributed by atoms with Crippen molar-refractivity contribution in [3.8, 4) is 17.2 Å². The number of hydrogen-bond donors (Lipinski definition) is 1. The maximum Gasteiger partial charge on any atom is 0.393 e. The lowest BCUT2D eigenvalue weighted by Crippen LogP contribution is -2.26. The predicted octanol–water partition coefficient (Wildman–Crippen LogP) is 7.41. The molecule has 1 heterocycles. The number of alkyl halides is 3. The Morgan fingerprint density at radius 2 is 1.20 bits per heavy atom. The number of nitrogens with one attached hydrogen (secondary N) is 1. The zero-order valence-electron chi connectivity index (χ0n) is 25.2. The lowest BCUT2D eigenvalue weighted by molar-refractivity contribution is -0.127. The van der Waals surface area contributed by atoms with Gasteiger partial charge in [-0.3, -0.25) is 0 Å². The molecule has 5 rings (SSSR count). The van der Waals surface area contributed by atoms with Crippen molar-refractivity contribution in [1.29, 1.82) is 0 Å². The number of rotatable bonds is 13. The van der Waals surface area contributed by atoms with Crippen molar-refractivity contribution in [2.75, 3.05) is 31.5 Å². The Bertz CT molecular complexity index is 1620. The van der Waals surface area contributed by atoms with E-state index in [1.165, 1.54) is 12.1 Å². The van der Waals surface area contributed by atoms with Gasteiger partial charge in [-0.1, -0.05) is 48.5 Å². The molecule has 234 valence electrons. The minimum atomic E-state index is -4.31. The van der Waals surface area contributed by atoms with Crippen LogP contribution in [0.25, 0.3) is 0 Å². The second-order valence-electron chi connectivity index (χ2n) is 10.4. The molecule has 0 amide bonds. The Hall–Kier alpha value is -5.19. The van der Waals surface area contributed by atoms with Crippen molar-refractivity contribution >= 4 is 17.6 Å². The fraction of sp³-hybridized carbons (Fsp3) is 0.235. The van der Waals surface area contributed by atoms with Crippen LogP contribution in [0.3, 0.4) is 0 Å². The number of methoxy groups -OCH3 is 3. The highest BCUT2D eigenvalue weighted by atomic mass is 19.4. The summed E-state index contributed by atoms with van der Waals surface area (Å²) in [7, 11) is 4.86. The summed E-state index contributed by atoms with van der Waals surface area (Å²) in [6.45, 7) is 1.39. The van der Waals surface area contributed by atoms with Gasteiger partial charge in [0, 0.05) is 18.8 Å². The molecule has 45 heavy (non-hydrogen) atoms. The maximum atomic E-state index is 13.1. The van der Waals surface area contributed by atoms with Gasteiger partial charge in [-0.05, 0) is 70.8 Å². The summed E-state index contributed by atoms with van der Waals surface area (Å²) in [5.74, 6) is 3.08. The Balaban J connectivity index is 1.52. The molecule has 0 aliphatic rings. The van der Waals surface area contributed by atoms with Gasteiger partial charge >= 0.3 is 6.18 Å². The van der Waals surface area contributed by atoms with Crippen molar-refractivity contribution in [3.05, 3.63) is 119 Å². The van der Waals surface area contributed by atoms with Crippen LogP contribution in [-0.4, -0.2) is 42.3 Å². The van der Waals surface area contributed by atoms with E-state index in [4.69, 9.17) is 24.3 Å². The molecule has 0 aliphatic carbocycles. The van der Waals surface area contributed by atoms with E-state index in [0.29, 0.717) is 31.3 Å². The molecule has 1 aromatic heterocycles. The van der Waals surface area contributed by atoms with E-state index in [-0.39, 0.29) is 11.5 Å². The van der Waals surface area contributed by atoms with Gasteiger partial charge in [0.15, 0.2) is 0 Å². The van der Waals surface area contributed by atoms with E-state index in [1.807, 2.05) is 72.8 Å². The SMILES string of the molecule is COc1ccc(CN(Cc2ccc(OC)cc2)c2nc(Nc3cccc(CC(F)(F)F)c3)nn2Cc2ccc(OC)cc2)cc1. The maximum absolute atomic E-state index is 13.1. The van der Waals surface area contributed by atoms with Crippen LogP contribution in [0.1, 0.15) is 22.3 Å². The molecular formula is C34H34F3N5O3. The van der Waals surface area contributed by atoms with Crippen molar-refractivity contribution in [3.63, 3.8) is 0 Å². The van der Waals surface area contributed by atoms with Gasteiger partial charge in [0.1, 0.15) is 17.2 Å². The van der Waals surface area contributed by atoms with Crippen LogP contribution in [0.4, 0.5) is 30.8 Å². The van der Waals surface area contributed by atoms with Crippen molar-refractivity contribution in [2.24, 2.45) is 0 Å². The number of ether oxygens (including phenoxy) is 3. The van der Waals surface area contributed by atoms with Gasteiger partial charge < -0.3 is 24.4 Å². The smallest absolute Gasteiger partial charge is 0.393 e. The Morgan fingerprint density at radius 1 is 0.689 bits per heavy atom. The first-order valence-electron chi connectivity index (χ1n) is 14.2. The third-order valence-electron chi connectivity index (χ3n) is 7.08. The third-order valence-corrected chi connectivity index (χ3v) is 7.08. The van der Waals surface area contributed by atoms with Crippen molar-refractivity contribution in [2.45, 2.75) is 32.2 Å². The van der Waals surface area contributed by atoms with Crippen LogP contribution >= 0.6 is 0 Å². The molecule has 0 unspecified atom stereocenters. The van der Waals surface area contributed by atoms with Gasteiger partial charge in [0.05, 0.1) is 34.3 Å². The standard InChI is InChI=1S/C34H34F3N5O3/c1-43-29-13-7-24(8-14-29)21-41(22-25-9-15-30(44-2)16-10-25)33-39-32(38-28-6-4-5-27(19-28)20-34(35,36)37)40-42(33)23-26-11-17-31(45-3)18-12-26/h4-19H,20-23H2,1-3H3,(H,38,40). The van der Waals surface area contributed by atoms with Crippen LogP contribution in [-0.2, 0) is 26.1 Å². The summed E-state index contributed by atoms with van der Waals surface area (Å²) in [6.07, 6.45) is -5.34. The summed E-state index contributed by atoms with van der Waals surface area (Å²) < 4.78 is 57.0. The van der Waals surface area contributed by atoms with E-state index in [1.54, 1.807) is 38.1 Å². The minimum Gasteiger partial charge on any atom is -0.497 e. The molecule has 1 N–H and O–H groups in total. The van der Waals surface area contributed by atoms with E-state index >= 15 is 0 Å². The summed E-state index contributed by atoms with van der Waals surface area (Å²) >= 11 is 0. The summed E-state index contributed by atoms with van der Waals surface area (Å²) in [5, 5.41) is 7.88. The predicted molar refractivity (Wildman–Crippen MR) is 167 cm³/mol. The number of hydrogen-bond acceptors (Lipinski definition) is 7. The normalized spacial score (nSPS) is 11.2. The van der Waals surface area contributed by atoms with Crippen LogP contribution < -0.4 is 24.4 Å². The lowest BCUT2D eigenvalue weighted by atomic mass is 10.1. The van der Waals surface area contributed by atoms with Gasteiger partial charge in [0.2, 0.25) is 11.9 Å². The van der Waals surface area contributed by atoms with Gasteiger partial charge in [-0.15, -0.1) is 5.10 Å². The molecule has 5 aromatic rings. The molecule has 8 nitrogen and oxygen atoms in total. The van der Waals surface area contributed by atoms with E-state index in [9.17, 15) is 13.2 Å². The van der Waals surface area contributed by atoms with Gasteiger partial charge in [-0.25, -0.2) is 4.68 Å². The fourth-order valence-corrected chi connectivity index (χ4v) is 4.85. The molecule has 4 aromatic carbocycles. The second kappa shape index (κ2) is 14.1. The Labute approximate surface area is 260 Å². The summed E-state index contributed by atoms with van der Waals surface area (Å²) in [4.78, 5) is 6.97. The van der Waals surface area contributed by atoms with Crippen LogP contribution in [0.2, 0.25) is 0 Å². The number of benzene rings is 4. The number of anilines is 3. The largest absolute Gasteiger partial charge is 0.497 e. The van der Waals surface area contributed by atoms with Crippen LogP contribution in [0.5, 0.6) is 17.2 Å². The average Bonchev–Trinajstić information content (AvgIpc) is 3.42. The molecule has 11 heteroatoms. The lowest BCUT2D eigenvalue weighted by Gasteiger charge is -2.24. The number of aromatic nitrogens is 3. The van der Waals surface area contributed by atoms with E-state index < -0.39 is 12.6 Å². The zero-order valence-corrected chi connectivity index (χ0v) is 25.2. The highest BCUT2D eigenvalue weighted by Gasteiger charge is 2.27. The Morgan fingerprint density at radius 3 is 1.69 bits per heavy atom. The van der Waals surface area contributed by atoms with E-state index in [0.717, 1.165) is 33.9 Å². The van der Waals surface area contributed by atoms with Crippen molar-refractivity contribution in [1.82, 2.24) is 14.8 Å². The molecule has 0 aliphatic heterocycles. The molecule has 0 atom stereocenters. The first kappa shape index (κ1) is 31.2.